The molecule has 1 rings (SSSR count). The SMILES string of the molecule is CCC(CCO)NC(=O)[C@H]1[C@@H](C(=O)O)C1(C)C. The fourth-order valence-corrected chi connectivity index (χ4v) is 2.41. The van der Waals surface area contributed by atoms with Crippen LogP contribution >= 0.6 is 0 Å². The molecular formula is C12H21NO4. The second kappa shape index (κ2) is 5.04. The summed E-state index contributed by atoms with van der Waals surface area (Å²) < 4.78 is 0. The number of hydrogen-bond donors (Lipinski definition) is 3. The molecule has 1 fully saturated rings. The molecule has 0 aromatic rings. The normalized spacial score (nSPS) is 27.3. The lowest BCUT2D eigenvalue weighted by atomic mass is 10.1. The van der Waals surface area contributed by atoms with E-state index in [2.05, 4.69) is 5.32 Å². The van der Waals surface area contributed by atoms with Crippen LogP contribution in [0.3, 0.4) is 0 Å². The highest BCUT2D eigenvalue weighted by Gasteiger charge is 2.65. The van der Waals surface area contributed by atoms with Crippen molar-refractivity contribution < 1.29 is 19.8 Å². The van der Waals surface area contributed by atoms with Crippen molar-refractivity contribution in [1.29, 1.82) is 0 Å². The maximum atomic E-state index is 11.9. The number of rotatable bonds is 6. The molecule has 0 saturated heterocycles. The van der Waals surface area contributed by atoms with E-state index in [-0.39, 0.29) is 18.6 Å². The molecule has 0 radical (unpaired) electrons. The monoisotopic (exact) mass is 243 g/mol. The highest BCUT2D eigenvalue weighted by molar-refractivity contribution is 5.91. The van der Waals surface area contributed by atoms with Crippen molar-refractivity contribution in [2.45, 2.75) is 39.7 Å². The van der Waals surface area contributed by atoms with Gasteiger partial charge in [0.1, 0.15) is 0 Å². The van der Waals surface area contributed by atoms with Crippen LogP contribution in [-0.4, -0.2) is 34.7 Å². The highest BCUT2D eigenvalue weighted by Crippen LogP contribution is 2.58. The summed E-state index contributed by atoms with van der Waals surface area (Å²) in [5, 5.41) is 20.6. The lowest BCUT2D eigenvalue weighted by molar-refractivity contribution is -0.140. The Morgan fingerprint density at radius 1 is 1.35 bits per heavy atom. The van der Waals surface area contributed by atoms with Crippen molar-refractivity contribution in [2.24, 2.45) is 17.3 Å². The minimum absolute atomic E-state index is 0.0230. The first-order chi connectivity index (χ1) is 7.86. The van der Waals surface area contributed by atoms with E-state index in [9.17, 15) is 9.59 Å². The van der Waals surface area contributed by atoms with Crippen LogP contribution in [0.25, 0.3) is 0 Å². The van der Waals surface area contributed by atoms with E-state index in [0.717, 1.165) is 6.42 Å². The van der Waals surface area contributed by atoms with Crippen LogP contribution in [0.2, 0.25) is 0 Å². The predicted octanol–water partition coefficient (Wildman–Crippen LogP) is 0.620. The number of carboxylic acid groups (broad SMARTS) is 1. The van der Waals surface area contributed by atoms with Crippen LogP contribution in [-0.2, 0) is 9.59 Å². The lowest BCUT2D eigenvalue weighted by Crippen LogP contribution is -2.37. The molecule has 0 aromatic heterocycles. The molecular weight excluding hydrogens is 222 g/mol. The van der Waals surface area contributed by atoms with E-state index in [1.54, 1.807) is 13.8 Å². The number of carboxylic acids is 1. The number of aliphatic carboxylic acids is 1. The van der Waals surface area contributed by atoms with Crippen molar-refractivity contribution in [3.8, 4) is 0 Å². The maximum Gasteiger partial charge on any atom is 0.307 e. The van der Waals surface area contributed by atoms with Crippen molar-refractivity contribution in [3.63, 3.8) is 0 Å². The molecule has 1 aliphatic carbocycles. The van der Waals surface area contributed by atoms with Gasteiger partial charge in [0.2, 0.25) is 5.91 Å². The Morgan fingerprint density at radius 3 is 2.29 bits per heavy atom. The molecule has 3 N–H and O–H groups in total. The second-order valence-corrected chi connectivity index (χ2v) is 5.24. The Morgan fingerprint density at radius 2 is 1.94 bits per heavy atom. The van der Waals surface area contributed by atoms with Gasteiger partial charge in [0.25, 0.3) is 0 Å². The van der Waals surface area contributed by atoms with Gasteiger partial charge in [-0.25, -0.2) is 0 Å². The Hall–Kier alpha value is -1.10. The van der Waals surface area contributed by atoms with Gasteiger partial charge in [-0.3, -0.25) is 9.59 Å². The van der Waals surface area contributed by atoms with Gasteiger partial charge in [-0.05, 0) is 18.3 Å². The zero-order chi connectivity index (χ0) is 13.2. The summed E-state index contributed by atoms with van der Waals surface area (Å²) in [5.41, 5.74) is -0.465. The highest BCUT2D eigenvalue weighted by atomic mass is 16.4. The molecule has 0 spiro atoms. The summed E-state index contributed by atoms with van der Waals surface area (Å²) in [6.45, 7) is 5.54. The number of aliphatic hydroxyl groups is 1. The van der Waals surface area contributed by atoms with Gasteiger partial charge < -0.3 is 15.5 Å². The minimum Gasteiger partial charge on any atom is -0.481 e. The average Bonchev–Trinajstić information content (AvgIpc) is 2.81. The molecule has 1 unspecified atom stereocenters. The Labute approximate surface area is 101 Å². The van der Waals surface area contributed by atoms with Crippen LogP contribution in [0.1, 0.15) is 33.6 Å². The third-order valence-corrected chi connectivity index (χ3v) is 3.69. The van der Waals surface area contributed by atoms with Gasteiger partial charge in [-0.2, -0.15) is 0 Å². The fraction of sp³-hybridized carbons (Fsp3) is 0.833. The number of nitrogens with one attached hydrogen (secondary N) is 1. The first-order valence-electron chi connectivity index (χ1n) is 6.00. The molecule has 5 nitrogen and oxygen atoms in total. The van der Waals surface area contributed by atoms with Gasteiger partial charge in [0, 0.05) is 12.6 Å². The summed E-state index contributed by atoms with van der Waals surface area (Å²) in [5.74, 6) is -2.16. The van der Waals surface area contributed by atoms with E-state index in [4.69, 9.17) is 10.2 Å². The van der Waals surface area contributed by atoms with Crippen molar-refractivity contribution in [3.05, 3.63) is 0 Å². The molecule has 0 aliphatic heterocycles. The number of amides is 1. The first kappa shape index (κ1) is 14.0. The van der Waals surface area contributed by atoms with Crippen LogP contribution in [0.15, 0.2) is 0 Å². The minimum atomic E-state index is -0.912. The third kappa shape index (κ3) is 2.77. The molecule has 1 saturated carbocycles. The molecule has 0 bridgehead atoms. The molecule has 17 heavy (non-hydrogen) atoms. The summed E-state index contributed by atoms with van der Waals surface area (Å²) in [6, 6.07) is -0.0710. The summed E-state index contributed by atoms with van der Waals surface area (Å²) in [6.07, 6.45) is 1.24. The first-order valence-corrected chi connectivity index (χ1v) is 6.00. The summed E-state index contributed by atoms with van der Waals surface area (Å²) in [4.78, 5) is 22.9. The molecule has 5 heteroatoms. The van der Waals surface area contributed by atoms with Gasteiger partial charge in [-0.15, -0.1) is 0 Å². The van der Waals surface area contributed by atoms with Crippen molar-refractivity contribution in [1.82, 2.24) is 5.32 Å². The van der Waals surface area contributed by atoms with E-state index in [0.29, 0.717) is 6.42 Å². The second-order valence-electron chi connectivity index (χ2n) is 5.24. The fourth-order valence-electron chi connectivity index (χ4n) is 2.41. The van der Waals surface area contributed by atoms with Crippen LogP contribution in [0, 0.1) is 17.3 Å². The standard InChI is InChI=1S/C12H21NO4/c1-4-7(5-6-14)13-10(15)8-9(11(16)17)12(8,2)3/h7-9,14H,4-6H2,1-3H3,(H,13,15)(H,16,17)/t7?,8-,9+/m1/s1. The maximum absolute atomic E-state index is 11.9. The van der Waals surface area contributed by atoms with Crippen LogP contribution in [0.4, 0.5) is 0 Å². The number of carbonyl (C=O) groups excluding carboxylic acids is 1. The molecule has 1 aliphatic rings. The molecule has 98 valence electrons. The van der Waals surface area contributed by atoms with Gasteiger partial charge in [-0.1, -0.05) is 20.8 Å². The largest absolute Gasteiger partial charge is 0.481 e. The zero-order valence-corrected chi connectivity index (χ0v) is 10.6. The predicted molar refractivity (Wildman–Crippen MR) is 62.3 cm³/mol. The van der Waals surface area contributed by atoms with E-state index in [1.165, 1.54) is 0 Å². The Balaban J connectivity index is 2.58. The number of carbonyl (C=O) groups is 2. The van der Waals surface area contributed by atoms with Crippen molar-refractivity contribution >= 4 is 11.9 Å². The molecule has 0 heterocycles. The van der Waals surface area contributed by atoms with E-state index >= 15 is 0 Å². The number of aliphatic hydroxyl groups excluding tert-OH is 1. The molecule has 0 aromatic carbocycles. The van der Waals surface area contributed by atoms with Gasteiger partial charge >= 0.3 is 5.97 Å². The third-order valence-electron chi connectivity index (χ3n) is 3.69. The lowest BCUT2D eigenvalue weighted by Gasteiger charge is -2.16. The van der Waals surface area contributed by atoms with E-state index < -0.39 is 23.2 Å². The van der Waals surface area contributed by atoms with E-state index in [1.807, 2.05) is 6.92 Å². The van der Waals surface area contributed by atoms with Gasteiger partial charge in [0.05, 0.1) is 11.8 Å². The molecule has 3 atom stereocenters. The van der Waals surface area contributed by atoms with Gasteiger partial charge in [0.15, 0.2) is 0 Å². The number of hydrogen-bond acceptors (Lipinski definition) is 3. The zero-order valence-electron chi connectivity index (χ0n) is 10.6. The molecule has 1 amide bonds. The van der Waals surface area contributed by atoms with Crippen molar-refractivity contribution in [2.75, 3.05) is 6.61 Å². The summed E-state index contributed by atoms with van der Waals surface area (Å²) >= 11 is 0. The topological polar surface area (TPSA) is 86.6 Å². The smallest absolute Gasteiger partial charge is 0.307 e. The average molecular weight is 243 g/mol. The Bertz CT molecular complexity index is 314. The van der Waals surface area contributed by atoms with Crippen LogP contribution < -0.4 is 5.32 Å². The van der Waals surface area contributed by atoms with Crippen LogP contribution in [0.5, 0.6) is 0 Å². The quantitative estimate of drug-likeness (QED) is 0.638. The Kier molecular flexibility index (Phi) is 4.14. The summed E-state index contributed by atoms with van der Waals surface area (Å²) in [7, 11) is 0.